The number of rotatable bonds is 11. The van der Waals surface area contributed by atoms with Crippen molar-refractivity contribution in [2.45, 2.75) is 69.0 Å². The number of aliphatic hydroxyl groups is 1. The summed E-state index contributed by atoms with van der Waals surface area (Å²) in [5.74, 6) is -1.32. The molecule has 1 N–H and O–H groups in total. The summed E-state index contributed by atoms with van der Waals surface area (Å²) in [6.07, 6.45) is -1.25. The molecule has 1 aliphatic rings. The van der Waals surface area contributed by atoms with E-state index in [0.717, 1.165) is 5.56 Å². The molecule has 0 unspecified atom stereocenters. The first-order valence-corrected chi connectivity index (χ1v) is 11.7. The molecule has 0 spiro atoms. The molecule has 30 heavy (non-hydrogen) atoms. The van der Waals surface area contributed by atoms with E-state index in [-0.39, 0.29) is 30.3 Å². The standard InChI is InChI=1S/C21H32O8S/c1-15-7-9-17(10-8-15)30(24,25)11-5-6-16(13-22)28-18(12-20(23)26-4)19-14-27-21(2,3)29-19/h7-10,16,18-19,22H,5-6,11-14H2,1-4H3/t16-,18-,19+/m1/s1. The normalized spacial score (nSPS) is 20.6. The fourth-order valence-electron chi connectivity index (χ4n) is 3.23. The van der Waals surface area contributed by atoms with E-state index >= 15 is 0 Å². The number of benzene rings is 1. The number of esters is 1. The van der Waals surface area contributed by atoms with Crippen molar-refractivity contribution < 1.29 is 37.3 Å². The van der Waals surface area contributed by atoms with Crippen molar-refractivity contribution in [1.29, 1.82) is 0 Å². The molecule has 8 nitrogen and oxygen atoms in total. The molecule has 0 radical (unpaired) electrons. The van der Waals surface area contributed by atoms with Gasteiger partial charge < -0.3 is 24.1 Å². The average Bonchev–Trinajstić information content (AvgIpc) is 3.06. The predicted octanol–water partition coefficient (Wildman–Crippen LogP) is 2.01. The van der Waals surface area contributed by atoms with E-state index in [9.17, 15) is 18.3 Å². The van der Waals surface area contributed by atoms with Gasteiger partial charge in [0.05, 0.1) is 49.6 Å². The summed E-state index contributed by atoms with van der Waals surface area (Å²) in [6, 6.07) is 6.71. The SMILES string of the molecule is COC(=O)C[C@@H](O[C@@H](CO)CCCS(=O)(=O)c1ccc(C)cc1)[C@@H]1COC(C)(C)O1. The second-order valence-electron chi connectivity index (χ2n) is 7.90. The van der Waals surface area contributed by atoms with Crippen LogP contribution in [-0.2, 0) is 33.6 Å². The van der Waals surface area contributed by atoms with E-state index in [4.69, 9.17) is 18.9 Å². The first-order valence-electron chi connectivity index (χ1n) is 10.0. The van der Waals surface area contributed by atoms with Crippen LogP contribution >= 0.6 is 0 Å². The number of hydrogen-bond acceptors (Lipinski definition) is 8. The molecule has 0 saturated carbocycles. The Balaban J connectivity index is 1.95. The smallest absolute Gasteiger partial charge is 0.308 e. The van der Waals surface area contributed by atoms with Crippen LogP contribution in [0.3, 0.4) is 0 Å². The molecule has 1 saturated heterocycles. The molecular formula is C21H32O8S. The Kier molecular flexibility index (Phi) is 8.81. The summed E-state index contributed by atoms with van der Waals surface area (Å²) in [6.45, 7) is 5.36. The first kappa shape index (κ1) is 24.7. The highest BCUT2D eigenvalue weighted by atomic mass is 32.2. The Morgan fingerprint density at radius 3 is 2.50 bits per heavy atom. The summed E-state index contributed by atoms with van der Waals surface area (Å²) >= 11 is 0. The number of aryl methyl sites for hydroxylation is 1. The predicted molar refractivity (Wildman–Crippen MR) is 110 cm³/mol. The lowest BCUT2D eigenvalue weighted by Gasteiger charge is -2.27. The van der Waals surface area contributed by atoms with Crippen LogP contribution in [0.15, 0.2) is 29.2 Å². The van der Waals surface area contributed by atoms with Gasteiger partial charge in [0.1, 0.15) is 6.10 Å². The number of carbonyl (C=O) groups is 1. The van der Waals surface area contributed by atoms with Crippen molar-refractivity contribution in [3.05, 3.63) is 29.8 Å². The molecule has 3 atom stereocenters. The van der Waals surface area contributed by atoms with Crippen molar-refractivity contribution in [1.82, 2.24) is 0 Å². The van der Waals surface area contributed by atoms with Crippen LogP contribution in [-0.4, -0.2) is 69.7 Å². The van der Waals surface area contributed by atoms with E-state index in [0.29, 0.717) is 12.8 Å². The van der Waals surface area contributed by atoms with Gasteiger partial charge in [0.25, 0.3) is 0 Å². The van der Waals surface area contributed by atoms with Crippen LogP contribution in [0.25, 0.3) is 0 Å². The van der Waals surface area contributed by atoms with Crippen LogP contribution in [0.1, 0.15) is 38.7 Å². The van der Waals surface area contributed by atoms with E-state index in [2.05, 4.69) is 0 Å². The third-order valence-corrected chi connectivity index (χ3v) is 6.75. The molecule has 170 valence electrons. The maximum Gasteiger partial charge on any atom is 0.308 e. The van der Waals surface area contributed by atoms with Crippen molar-refractivity contribution in [3.8, 4) is 0 Å². The Hall–Kier alpha value is -1.52. The van der Waals surface area contributed by atoms with E-state index < -0.39 is 39.9 Å². The molecule has 1 fully saturated rings. The number of methoxy groups -OCH3 is 1. The molecule has 1 aromatic carbocycles. The second-order valence-corrected chi connectivity index (χ2v) is 10.0. The number of aliphatic hydroxyl groups excluding tert-OH is 1. The molecule has 0 amide bonds. The Bertz CT molecular complexity index is 788. The lowest BCUT2D eigenvalue weighted by atomic mass is 10.1. The number of ether oxygens (including phenoxy) is 4. The van der Waals surface area contributed by atoms with Crippen molar-refractivity contribution >= 4 is 15.8 Å². The molecule has 1 aromatic rings. The Morgan fingerprint density at radius 1 is 1.30 bits per heavy atom. The minimum absolute atomic E-state index is 0.0568. The van der Waals surface area contributed by atoms with Gasteiger partial charge in [-0.15, -0.1) is 0 Å². The summed E-state index contributed by atoms with van der Waals surface area (Å²) in [7, 11) is -2.13. The zero-order chi connectivity index (χ0) is 22.4. The van der Waals surface area contributed by atoms with Crippen LogP contribution in [0.2, 0.25) is 0 Å². The first-order chi connectivity index (χ1) is 14.1. The fourth-order valence-corrected chi connectivity index (χ4v) is 4.56. The summed E-state index contributed by atoms with van der Waals surface area (Å²) in [4.78, 5) is 12.1. The number of hydrogen-bond donors (Lipinski definition) is 1. The monoisotopic (exact) mass is 444 g/mol. The van der Waals surface area contributed by atoms with Crippen LogP contribution in [0.4, 0.5) is 0 Å². The molecule has 9 heteroatoms. The van der Waals surface area contributed by atoms with Gasteiger partial charge in [0, 0.05) is 0 Å². The topological polar surface area (TPSA) is 108 Å². The third kappa shape index (κ3) is 7.31. The Morgan fingerprint density at radius 2 is 1.97 bits per heavy atom. The van der Waals surface area contributed by atoms with Crippen molar-refractivity contribution in [2.24, 2.45) is 0 Å². The summed E-state index contributed by atoms with van der Waals surface area (Å²) < 4.78 is 47.0. The van der Waals surface area contributed by atoms with E-state index in [1.54, 1.807) is 38.1 Å². The maximum atomic E-state index is 12.5. The van der Waals surface area contributed by atoms with Gasteiger partial charge in [0.2, 0.25) is 0 Å². The largest absolute Gasteiger partial charge is 0.469 e. The molecule has 0 bridgehead atoms. The van der Waals surface area contributed by atoms with Crippen LogP contribution < -0.4 is 0 Å². The van der Waals surface area contributed by atoms with E-state index in [1.807, 2.05) is 6.92 Å². The molecule has 2 rings (SSSR count). The Labute approximate surface area is 178 Å². The molecule has 0 aromatic heterocycles. The van der Waals surface area contributed by atoms with Gasteiger partial charge in [-0.2, -0.15) is 0 Å². The second kappa shape index (κ2) is 10.7. The van der Waals surface area contributed by atoms with Gasteiger partial charge >= 0.3 is 5.97 Å². The minimum atomic E-state index is -3.42. The highest BCUT2D eigenvalue weighted by Gasteiger charge is 2.39. The van der Waals surface area contributed by atoms with Gasteiger partial charge in [-0.05, 0) is 45.7 Å². The van der Waals surface area contributed by atoms with Gasteiger partial charge in [-0.3, -0.25) is 4.79 Å². The maximum absolute atomic E-state index is 12.5. The minimum Gasteiger partial charge on any atom is -0.469 e. The van der Waals surface area contributed by atoms with Crippen LogP contribution in [0.5, 0.6) is 0 Å². The van der Waals surface area contributed by atoms with Crippen molar-refractivity contribution in [2.75, 3.05) is 26.1 Å². The van der Waals surface area contributed by atoms with Gasteiger partial charge in [-0.25, -0.2) is 8.42 Å². The molecule has 1 aliphatic heterocycles. The summed E-state index contributed by atoms with van der Waals surface area (Å²) in [5, 5.41) is 9.73. The highest BCUT2D eigenvalue weighted by molar-refractivity contribution is 7.91. The molecular weight excluding hydrogens is 412 g/mol. The van der Waals surface area contributed by atoms with E-state index in [1.165, 1.54) is 7.11 Å². The average molecular weight is 445 g/mol. The van der Waals surface area contributed by atoms with Crippen molar-refractivity contribution in [3.63, 3.8) is 0 Å². The summed E-state index contributed by atoms with van der Waals surface area (Å²) in [5.41, 5.74) is 0.987. The lowest BCUT2D eigenvalue weighted by Crippen LogP contribution is -2.39. The number of sulfone groups is 1. The highest BCUT2D eigenvalue weighted by Crippen LogP contribution is 2.28. The third-order valence-electron chi connectivity index (χ3n) is 4.93. The quantitative estimate of drug-likeness (QED) is 0.517. The molecule has 0 aliphatic carbocycles. The zero-order valence-corrected chi connectivity index (χ0v) is 18.8. The number of carbonyl (C=O) groups excluding carboxylic acids is 1. The van der Waals surface area contributed by atoms with Gasteiger partial charge in [-0.1, -0.05) is 17.7 Å². The van der Waals surface area contributed by atoms with Crippen LogP contribution in [0, 0.1) is 6.92 Å². The zero-order valence-electron chi connectivity index (χ0n) is 18.0. The lowest BCUT2D eigenvalue weighted by molar-refractivity contribution is -0.173. The molecule has 1 heterocycles. The fraction of sp³-hybridized carbons (Fsp3) is 0.667. The van der Waals surface area contributed by atoms with Gasteiger partial charge in [0.15, 0.2) is 15.6 Å².